The summed E-state index contributed by atoms with van der Waals surface area (Å²) in [5.41, 5.74) is 5.57. The van der Waals surface area contributed by atoms with Crippen LogP contribution in [0.25, 0.3) is 21.0 Å². The number of thiophene rings is 1. The minimum absolute atomic E-state index is 0.511. The van der Waals surface area contributed by atoms with Gasteiger partial charge >= 0.3 is 0 Å². The van der Waals surface area contributed by atoms with Crippen molar-refractivity contribution in [3.05, 3.63) is 78.0 Å². The van der Waals surface area contributed by atoms with E-state index in [4.69, 9.17) is 9.72 Å². The Morgan fingerprint density at radius 1 is 1.08 bits per heavy atom. The molecule has 0 saturated carbocycles. The van der Waals surface area contributed by atoms with Crippen LogP contribution in [0.4, 0.5) is 11.6 Å². The first-order valence-corrected chi connectivity index (χ1v) is 13.6. The van der Waals surface area contributed by atoms with Crippen LogP contribution in [-0.2, 0) is 0 Å². The van der Waals surface area contributed by atoms with E-state index in [0.717, 1.165) is 47.1 Å². The molecule has 0 spiro atoms. The summed E-state index contributed by atoms with van der Waals surface area (Å²) < 4.78 is 5.93. The van der Waals surface area contributed by atoms with E-state index >= 15 is 0 Å². The number of benzene rings is 2. The van der Waals surface area contributed by atoms with Gasteiger partial charge in [0.15, 0.2) is 0 Å². The maximum Gasteiger partial charge on any atom is 0.227 e. The zero-order valence-electron chi connectivity index (χ0n) is 21.3. The Balaban J connectivity index is 1.25. The van der Waals surface area contributed by atoms with Gasteiger partial charge in [0.2, 0.25) is 5.95 Å². The van der Waals surface area contributed by atoms with Crippen LogP contribution in [0, 0.1) is 6.92 Å². The van der Waals surface area contributed by atoms with Gasteiger partial charge in [-0.2, -0.15) is 0 Å². The van der Waals surface area contributed by atoms with Gasteiger partial charge in [-0.1, -0.05) is 38.1 Å². The van der Waals surface area contributed by atoms with Crippen LogP contribution >= 0.6 is 11.3 Å². The highest BCUT2D eigenvalue weighted by Gasteiger charge is 2.14. The van der Waals surface area contributed by atoms with Crippen molar-refractivity contribution >= 4 is 23.0 Å². The molecular weight excluding hydrogens is 464 g/mol. The molecule has 3 heterocycles. The van der Waals surface area contributed by atoms with Gasteiger partial charge in [0.1, 0.15) is 5.75 Å². The maximum absolute atomic E-state index is 5.93. The summed E-state index contributed by atoms with van der Waals surface area (Å²) in [5, 5.41) is 6.86. The summed E-state index contributed by atoms with van der Waals surface area (Å²) in [6, 6.07) is 21.8. The molecule has 2 aromatic carbocycles. The van der Waals surface area contributed by atoms with Crippen molar-refractivity contribution in [2.75, 3.05) is 18.5 Å². The number of hydrogen-bond acceptors (Lipinski definition) is 6. The number of aromatic nitrogens is 2. The Bertz CT molecular complexity index is 1290. The van der Waals surface area contributed by atoms with Gasteiger partial charge in [-0.05, 0) is 91.7 Å². The summed E-state index contributed by atoms with van der Waals surface area (Å²) in [5.74, 6) is 1.99. The van der Waals surface area contributed by atoms with E-state index in [1.165, 1.54) is 28.8 Å². The van der Waals surface area contributed by atoms with Crippen molar-refractivity contribution in [3.63, 3.8) is 0 Å². The van der Waals surface area contributed by atoms with Crippen molar-refractivity contribution in [1.82, 2.24) is 15.3 Å². The monoisotopic (exact) mass is 498 g/mol. The highest BCUT2D eigenvalue weighted by molar-refractivity contribution is 7.18. The summed E-state index contributed by atoms with van der Waals surface area (Å²) in [6.45, 7) is 8.39. The molecule has 2 N–H and O–H groups in total. The van der Waals surface area contributed by atoms with Crippen LogP contribution in [0.3, 0.4) is 0 Å². The quantitative estimate of drug-likeness (QED) is 0.249. The predicted molar refractivity (Wildman–Crippen MR) is 150 cm³/mol. The topological polar surface area (TPSA) is 59.1 Å². The number of anilines is 2. The molecule has 5 rings (SSSR count). The number of ether oxygens (including phenoxy) is 1. The lowest BCUT2D eigenvalue weighted by atomic mass is 10.0. The van der Waals surface area contributed by atoms with E-state index in [9.17, 15) is 0 Å². The Morgan fingerprint density at radius 3 is 2.69 bits per heavy atom. The summed E-state index contributed by atoms with van der Waals surface area (Å²) >= 11 is 1.77. The standard InChI is InChI=1S/C30H34N4OS/c1-20(2)22-6-4-7-23(18-22)27-13-14-28(36-27)29-21(3)19-32-30(34-29)33-25-9-11-26(12-10-25)35-17-15-24-8-5-16-31-24/h4,6-7,9-14,18-20,24,31H,5,8,15-17H2,1-3H3,(H,32,33,34). The summed E-state index contributed by atoms with van der Waals surface area (Å²) in [6.07, 6.45) is 5.46. The van der Waals surface area contributed by atoms with Gasteiger partial charge in [-0.25, -0.2) is 9.97 Å². The number of rotatable bonds is 9. The SMILES string of the molecule is Cc1cnc(Nc2ccc(OCCC3CCCN3)cc2)nc1-c1ccc(-c2cccc(C(C)C)c2)s1. The fraction of sp³-hybridized carbons (Fsp3) is 0.333. The average Bonchev–Trinajstić information content (AvgIpc) is 3.59. The second-order valence-corrected chi connectivity index (χ2v) is 10.8. The molecule has 0 bridgehead atoms. The zero-order valence-corrected chi connectivity index (χ0v) is 22.1. The fourth-order valence-corrected chi connectivity index (χ4v) is 5.57. The fourth-order valence-electron chi connectivity index (χ4n) is 4.51. The third-order valence-corrected chi connectivity index (χ3v) is 7.80. The smallest absolute Gasteiger partial charge is 0.227 e. The number of nitrogens with zero attached hydrogens (tertiary/aromatic N) is 2. The van der Waals surface area contributed by atoms with Gasteiger partial charge in [-0.15, -0.1) is 11.3 Å². The molecule has 2 aromatic heterocycles. The second kappa shape index (κ2) is 11.2. The highest BCUT2D eigenvalue weighted by atomic mass is 32.1. The number of hydrogen-bond donors (Lipinski definition) is 2. The number of aryl methyl sites for hydroxylation is 1. The summed E-state index contributed by atoms with van der Waals surface area (Å²) in [7, 11) is 0. The molecule has 4 aromatic rings. The Hall–Kier alpha value is -3.22. The summed E-state index contributed by atoms with van der Waals surface area (Å²) in [4.78, 5) is 11.8. The largest absolute Gasteiger partial charge is 0.494 e. The predicted octanol–water partition coefficient (Wildman–Crippen LogP) is 7.57. The van der Waals surface area contributed by atoms with E-state index in [1.807, 2.05) is 30.5 Å². The van der Waals surface area contributed by atoms with Crippen LogP contribution in [0.5, 0.6) is 5.75 Å². The lowest BCUT2D eigenvalue weighted by molar-refractivity contribution is 0.292. The van der Waals surface area contributed by atoms with Gasteiger partial charge in [-0.3, -0.25) is 0 Å². The second-order valence-electron chi connectivity index (χ2n) is 9.75. The number of nitrogens with one attached hydrogen (secondary N) is 2. The lowest BCUT2D eigenvalue weighted by Crippen LogP contribution is -2.23. The molecule has 6 heteroatoms. The third-order valence-electron chi connectivity index (χ3n) is 6.66. The minimum Gasteiger partial charge on any atom is -0.494 e. The first-order valence-electron chi connectivity index (χ1n) is 12.8. The van der Waals surface area contributed by atoms with E-state index in [2.05, 4.69) is 72.8 Å². The van der Waals surface area contributed by atoms with Crippen LogP contribution < -0.4 is 15.4 Å². The molecule has 1 fully saturated rings. The molecule has 1 aliphatic rings. The molecule has 1 aliphatic heterocycles. The Morgan fingerprint density at radius 2 is 1.92 bits per heavy atom. The van der Waals surface area contributed by atoms with Crippen molar-refractivity contribution in [2.24, 2.45) is 0 Å². The molecule has 1 atom stereocenters. The molecule has 0 amide bonds. The highest BCUT2D eigenvalue weighted by Crippen LogP contribution is 2.36. The van der Waals surface area contributed by atoms with E-state index < -0.39 is 0 Å². The normalized spacial score (nSPS) is 15.4. The Labute approximate surface area is 218 Å². The van der Waals surface area contributed by atoms with Gasteiger partial charge in [0.05, 0.1) is 17.2 Å². The van der Waals surface area contributed by atoms with E-state index in [0.29, 0.717) is 17.9 Å². The van der Waals surface area contributed by atoms with Crippen molar-refractivity contribution < 1.29 is 4.74 Å². The molecule has 36 heavy (non-hydrogen) atoms. The van der Waals surface area contributed by atoms with Crippen LogP contribution in [0.2, 0.25) is 0 Å². The molecule has 0 radical (unpaired) electrons. The molecular formula is C30H34N4OS. The van der Waals surface area contributed by atoms with Gasteiger partial charge in [0.25, 0.3) is 0 Å². The Kier molecular flexibility index (Phi) is 7.63. The maximum atomic E-state index is 5.93. The molecule has 1 unspecified atom stereocenters. The van der Waals surface area contributed by atoms with Gasteiger partial charge < -0.3 is 15.4 Å². The average molecular weight is 499 g/mol. The van der Waals surface area contributed by atoms with Crippen molar-refractivity contribution in [1.29, 1.82) is 0 Å². The first-order chi connectivity index (χ1) is 17.5. The van der Waals surface area contributed by atoms with Crippen molar-refractivity contribution in [3.8, 4) is 26.8 Å². The molecule has 5 nitrogen and oxygen atoms in total. The minimum atomic E-state index is 0.511. The van der Waals surface area contributed by atoms with Crippen LogP contribution in [0.1, 0.15) is 50.2 Å². The van der Waals surface area contributed by atoms with Crippen LogP contribution in [-0.4, -0.2) is 29.2 Å². The van der Waals surface area contributed by atoms with Gasteiger partial charge in [0, 0.05) is 22.8 Å². The molecule has 0 aliphatic carbocycles. The van der Waals surface area contributed by atoms with Crippen LogP contribution in [0.15, 0.2) is 66.9 Å². The third kappa shape index (κ3) is 5.94. The van der Waals surface area contributed by atoms with E-state index in [-0.39, 0.29) is 0 Å². The molecule has 1 saturated heterocycles. The molecule has 186 valence electrons. The van der Waals surface area contributed by atoms with E-state index in [1.54, 1.807) is 11.3 Å². The lowest BCUT2D eigenvalue weighted by Gasteiger charge is -2.12. The zero-order chi connectivity index (χ0) is 24.9. The first kappa shape index (κ1) is 24.5. The van der Waals surface area contributed by atoms with Crippen molar-refractivity contribution in [2.45, 2.75) is 52.0 Å².